The van der Waals surface area contributed by atoms with Gasteiger partial charge in [-0.1, -0.05) is 30.3 Å². The highest BCUT2D eigenvalue weighted by molar-refractivity contribution is 7.89. The fourth-order valence-corrected chi connectivity index (χ4v) is 4.25. The van der Waals surface area contributed by atoms with Crippen LogP contribution >= 0.6 is 12.4 Å². The van der Waals surface area contributed by atoms with Gasteiger partial charge in [0.15, 0.2) is 0 Å². The summed E-state index contributed by atoms with van der Waals surface area (Å²) >= 11 is 0. The molecule has 0 radical (unpaired) electrons. The maximum Gasteiger partial charge on any atom is 0.337 e. The number of ether oxygens (including phenoxy) is 2. The number of benzene rings is 2. The van der Waals surface area contributed by atoms with Gasteiger partial charge in [0.2, 0.25) is 10.0 Å². The number of rotatable bonds is 9. The maximum absolute atomic E-state index is 13.1. The van der Waals surface area contributed by atoms with Gasteiger partial charge in [-0.05, 0) is 30.2 Å². The first-order valence-corrected chi connectivity index (χ1v) is 9.88. The molecule has 0 spiro atoms. The van der Waals surface area contributed by atoms with E-state index < -0.39 is 16.0 Å². The number of hydrogen-bond donors (Lipinski definition) is 1. The molecule has 2 N–H and O–H groups in total. The zero-order valence-corrected chi connectivity index (χ0v) is 17.5. The largest absolute Gasteiger partial charge is 0.495 e. The van der Waals surface area contributed by atoms with Crippen LogP contribution in [-0.2, 0) is 21.2 Å². The molecule has 2 aromatic rings. The molecular weight excluding hydrogens is 404 g/mol. The average Bonchev–Trinajstić information content (AvgIpc) is 2.70. The van der Waals surface area contributed by atoms with Crippen molar-refractivity contribution in [3.8, 4) is 5.75 Å². The second kappa shape index (κ2) is 11.0. The Morgan fingerprint density at radius 2 is 1.75 bits per heavy atom. The molecule has 0 bridgehead atoms. The molecule has 0 heterocycles. The van der Waals surface area contributed by atoms with Gasteiger partial charge in [-0.25, -0.2) is 13.2 Å². The predicted octanol–water partition coefficient (Wildman–Crippen LogP) is 2.10. The molecule has 0 saturated carbocycles. The first-order chi connectivity index (χ1) is 12.9. The molecular formula is C19H25ClN2O5S. The van der Waals surface area contributed by atoms with Crippen LogP contribution in [-0.4, -0.2) is 52.5 Å². The molecule has 0 aromatic heterocycles. The number of esters is 1. The highest BCUT2D eigenvalue weighted by Crippen LogP contribution is 2.28. The van der Waals surface area contributed by atoms with E-state index in [9.17, 15) is 13.2 Å². The van der Waals surface area contributed by atoms with Crippen molar-refractivity contribution in [2.75, 3.05) is 33.9 Å². The van der Waals surface area contributed by atoms with Crippen molar-refractivity contribution >= 4 is 28.4 Å². The number of methoxy groups -OCH3 is 2. The van der Waals surface area contributed by atoms with Crippen LogP contribution < -0.4 is 10.5 Å². The Balaban J connectivity index is 0.00000392. The molecule has 154 valence electrons. The van der Waals surface area contributed by atoms with Crippen molar-refractivity contribution in [2.24, 2.45) is 5.73 Å². The molecule has 9 heteroatoms. The Morgan fingerprint density at radius 3 is 2.32 bits per heavy atom. The second-order valence-corrected chi connectivity index (χ2v) is 7.69. The summed E-state index contributed by atoms with van der Waals surface area (Å²) in [4.78, 5) is 11.7. The van der Waals surface area contributed by atoms with E-state index in [2.05, 4.69) is 4.74 Å². The van der Waals surface area contributed by atoms with Gasteiger partial charge in [0, 0.05) is 19.6 Å². The zero-order chi connectivity index (χ0) is 19.9. The van der Waals surface area contributed by atoms with E-state index in [0.717, 1.165) is 5.56 Å². The monoisotopic (exact) mass is 428 g/mol. The van der Waals surface area contributed by atoms with Gasteiger partial charge in [-0.3, -0.25) is 0 Å². The van der Waals surface area contributed by atoms with Crippen molar-refractivity contribution in [1.29, 1.82) is 0 Å². The highest BCUT2D eigenvalue weighted by atomic mass is 35.5. The third-order valence-corrected chi connectivity index (χ3v) is 6.01. The fourth-order valence-electron chi connectivity index (χ4n) is 2.66. The van der Waals surface area contributed by atoms with Crippen LogP contribution in [0.5, 0.6) is 5.75 Å². The highest BCUT2D eigenvalue weighted by Gasteiger charge is 2.28. The molecule has 0 unspecified atom stereocenters. The SMILES string of the molecule is COC(=O)c1ccc(S(=O)(=O)N(CCN)CCc2ccccc2)c(OC)c1.Cl. The molecule has 2 rings (SSSR count). The second-order valence-electron chi connectivity index (χ2n) is 5.79. The molecule has 28 heavy (non-hydrogen) atoms. The van der Waals surface area contributed by atoms with Crippen molar-refractivity contribution in [3.63, 3.8) is 0 Å². The van der Waals surface area contributed by atoms with E-state index in [1.165, 1.54) is 36.7 Å². The van der Waals surface area contributed by atoms with Gasteiger partial charge in [-0.15, -0.1) is 12.4 Å². The Bertz CT molecular complexity index is 875. The lowest BCUT2D eigenvalue weighted by molar-refractivity contribution is 0.0600. The van der Waals surface area contributed by atoms with Crippen LogP contribution in [0.1, 0.15) is 15.9 Å². The molecule has 2 aromatic carbocycles. The molecule has 0 amide bonds. The quantitative estimate of drug-likeness (QED) is 0.614. The van der Waals surface area contributed by atoms with Crippen LogP contribution in [0.3, 0.4) is 0 Å². The summed E-state index contributed by atoms with van der Waals surface area (Å²) in [6.07, 6.45) is 0.558. The maximum atomic E-state index is 13.1. The summed E-state index contributed by atoms with van der Waals surface area (Å²) < 4.78 is 37.5. The smallest absolute Gasteiger partial charge is 0.337 e. The summed E-state index contributed by atoms with van der Waals surface area (Å²) in [7, 11) is -1.24. The number of halogens is 1. The van der Waals surface area contributed by atoms with Crippen LogP contribution in [0.4, 0.5) is 0 Å². The fraction of sp³-hybridized carbons (Fsp3) is 0.316. The molecule has 0 aliphatic heterocycles. The lowest BCUT2D eigenvalue weighted by Gasteiger charge is -2.23. The van der Waals surface area contributed by atoms with Crippen molar-refractivity contribution in [1.82, 2.24) is 4.31 Å². The lowest BCUT2D eigenvalue weighted by Crippen LogP contribution is -2.37. The Labute approximate surface area is 171 Å². The van der Waals surface area contributed by atoms with Crippen molar-refractivity contribution < 1.29 is 22.7 Å². The number of hydrogen-bond acceptors (Lipinski definition) is 6. The standard InChI is InChI=1S/C19H24N2O5S.ClH/c1-25-17-14-16(19(22)26-2)8-9-18(17)27(23,24)21(13-11-20)12-10-15-6-4-3-5-7-15;/h3-9,14H,10-13,20H2,1-2H3;1H. The third-order valence-electron chi connectivity index (χ3n) is 4.07. The van der Waals surface area contributed by atoms with Crippen molar-refractivity contribution in [3.05, 3.63) is 59.7 Å². The summed E-state index contributed by atoms with van der Waals surface area (Å²) in [6.45, 7) is 0.652. The minimum absolute atomic E-state index is 0. The molecule has 7 nitrogen and oxygen atoms in total. The Morgan fingerprint density at radius 1 is 1.07 bits per heavy atom. The van der Waals surface area contributed by atoms with Gasteiger partial charge in [0.25, 0.3) is 0 Å². The predicted molar refractivity (Wildman–Crippen MR) is 110 cm³/mol. The minimum Gasteiger partial charge on any atom is -0.495 e. The summed E-state index contributed by atoms with van der Waals surface area (Å²) in [5.74, 6) is -0.486. The lowest BCUT2D eigenvalue weighted by atomic mass is 10.1. The van der Waals surface area contributed by atoms with Crippen LogP contribution in [0.15, 0.2) is 53.4 Å². The molecule has 0 atom stereocenters. The molecule has 0 fully saturated rings. The number of nitrogens with two attached hydrogens (primary N) is 1. The van der Waals surface area contributed by atoms with E-state index >= 15 is 0 Å². The van der Waals surface area contributed by atoms with Crippen LogP contribution in [0, 0.1) is 0 Å². The van der Waals surface area contributed by atoms with Gasteiger partial charge < -0.3 is 15.2 Å². The first kappa shape index (κ1) is 23.9. The van der Waals surface area contributed by atoms with Crippen LogP contribution in [0.2, 0.25) is 0 Å². The minimum atomic E-state index is -3.85. The van der Waals surface area contributed by atoms with E-state index in [1.807, 2.05) is 30.3 Å². The Hall–Kier alpha value is -2.13. The van der Waals surface area contributed by atoms with Gasteiger partial charge in [-0.2, -0.15) is 4.31 Å². The van der Waals surface area contributed by atoms with E-state index in [-0.39, 0.29) is 48.2 Å². The van der Waals surface area contributed by atoms with E-state index in [1.54, 1.807) is 0 Å². The molecule has 0 aliphatic rings. The normalized spacial score (nSPS) is 11.0. The number of nitrogens with zero attached hydrogens (tertiary/aromatic N) is 1. The average molecular weight is 429 g/mol. The molecule has 0 saturated heterocycles. The van der Waals surface area contributed by atoms with E-state index in [0.29, 0.717) is 6.42 Å². The molecule has 0 aliphatic carbocycles. The zero-order valence-electron chi connectivity index (χ0n) is 15.8. The van der Waals surface area contributed by atoms with Crippen molar-refractivity contribution in [2.45, 2.75) is 11.3 Å². The Kier molecular flexibility index (Phi) is 9.40. The summed E-state index contributed by atoms with van der Waals surface area (Å²) in [5.41, 5.74) is 6.87. The number of carbonyl (C=O) groups excluding carboxylic acids is 1. The third kappa shape index (κ3) is 5.68. The van der Waals surface area contributed by atoms with Crippen LogP contribution in [0.25, 0.3) is 0 Å². The van der Waals surface area contributed by atoms with Gasteiger partial charge in [0.1, 0.15) is 10.6 Å². The van der Waals surface area contributed by atoms with Gasteiger partial charge >= 0.3 is 5.97 Å². The number of carbonyl (C=O) groups is 1. The summed E-state index contributed by atoms with van der Waals surface area (Å²) in [6, 6.07) is 13.7. The van der Waals surface area contributed by atoms with Gasteiger partial charge in [0.05, 0.1) is 19.8 Å². The number of sulfonamides is 1. The topological polar surface area (TPSA) is 98.9 Å². The first-order valence-electron chi connectivity index (χ1n) is 8.44. The summed E-state index contributed by atoms with van der Waals surface area (Å²) in [5, 5.41) is 0. The van der Waals surface area contributed by atoms with E-state index in [4.69, 9.17) is 10.5 Å².